The summed E-state index contributed by atoms with van der Waals surface area (Å²) in [6.07, 6.45) is 1.36. The van der Waals surface area contributed by atoms with Crippen molar-refractivity contribution in [2.45, 2.75) is 6.92 Å². The number of rotatable bonds is 2. The molecule has 2 N–H and O–H groups in total. The first-order chi connectivity index (χ1) is 11.0. The Labute approximate surface area is 137 Å². The fourth-order valence-electron chi connectivity index (χ4n) is 2.23. The summed E-state index contributed by atoms with van der Waals surface area (Å²) in [7, 11) is 0. The molecule has 2 aromatic carbocycles. The van der Waals surface area contributed by atoms with Crippen molar-refractivity contribution in [3.05, 3.63) is 64.2 Å². The molecule has 0 atom stereocenters. The number of phenolic OH excluding ortho intramolecular Hbond substituents is 1. The molecule has 116 valence electrons. The largest absolute Gasteiger partial charge is 0.507 e. The number of amides is 2. The van der Waals surface area contributed by atoms with Gasteiger partial charge < -0.3 is 5.11 Å². The minimum atomic E-state index is -0.532. The lowest BCUT2D eigenvalue weighted by Crippen LogP contribution is -2.35. The van der Waals surface area contributed by atoms with E-state index in [9.17, 15) is 14.7 Å². The minimum Gasteiger partial charge on any atom is -0.507 e. The third-order valence-corrected chi connectivity index (χ3v) is 3.95. The summed E-state index contributed by atoms with van der Waals surface area (Å²) in [5.41, 5.74) is 4.18. The van der Waals surface area contributed by atoms with Crippen LogP contribution in [-0.2, 0) is 9.59 Å². The molecule has 1 fully saturated rings. The number of carbonyl (C=O) groups is 2. The molecular formula is C17H13ClN2O3. The molecule has 0 radical (unpaired) electrons. The Morgan fingerprint density at radius 2 is 1.91 bits per heavy atom. The summed E-state index contributed by atoms with van der Waals surface area (Å²) < 4.78 is 0. The van der Waals surface area contributed by atoms with Crippen molar-refractivity contribution in [2.24, 2.45) is 0 Å². The standard InChI is InChI=1S/C17H13ClN2O3/c1-10-6-7-12(9-14(10)18)20-17(23)13(16(22)19-20)8-11-4-2-3-5-15(11)21/h2-9,21H,1H3,(H,19,22). The van der Waals surface area contributed by atoms with E-state index in [1.165, 1.54) is 12.1 Å². The number of carbonyl (C=O) groups excluding carboxylic acids is 2. The van der Waals surface area contributed by atoms with Crippen LogP contribution in [0.3, 0.4) is 0 Å². The molecule has 0 bridgehead atoms. The highest BCUT2D eigenvalue weighted by atomic mass is 35.5. The predicted molar refractivity (Wildman–Crippen MR) is 87.9 cm³/mol. The number of anilines is 1. The highest BCUT2D eigenvalue weighted by Crippen LogP contribution is 2.27. The van der Waals surface area contributed by atoms with Gasteiger partial charge in [0.05, 0.1) is 5.69 Å². The average Bonchev–Trinajstić information content (AvgIpc) is 2.80. The maximum absolute atomic E-state index is 12.5. The summed E-state index contributed by atoms with van der Waals surface area (Å²) in [5.74, 6) is -1.04. The van der Waals surface area contributed by atoms with Crippen LogP contribution in [-0.4, -0.2) is 16.9 Å². The number of aryl methyl sites for hydroxylation is 1. The van der Waals surface area contributed by atoms with Gasteiger partial charge in [-0.15, -0.1) is 0 Å². The number of para-hydroxylation sites is 1. The number of halogens is 1. The second-order valence-electron chi connectivity index (χ2n) is 5.13. The van der Waals surface area contributed by atoms with Gasteiger partial charge in [-0.05, 0) is 36.8 Å². The van der Waals surface area contributed by atoms with Crippen molar-refractivity contribution >= 4 is 35.2 Å². The SMILES string of the molecule is Cc1ccc(N2NC(=O)C(=Cc3ccccc3O)C2=O)cc1Cl. The van der Waals surface area contributed by atoms with E-state index in [4.69, 9.17) is 11.6 Å². The van der Waals surface area contributed by atoms with Crippen LogP contribution in [0.4, 0.5) is 5.69 Å². The Bertz CT molecular complexity index is 845. The van der Waals surface area contributed by atoms with Gasteiger partial charge in [-0.3, -0.25) is 15.0 Å². The van der Waals surface area contributed by atoms with Gasteiger partial charge in [0.1, 0.15) is 11.3 Å². The van der Waals surface area contributed by atoms with Crippen molar-refractivity contribution in [3.63, 3.8) is 0 Å². The number of hydrogen-bond donors (Lipinski definition) is 2. The van der Waals surface area contributed by atoms with Crippen LogP contribution in [0.5, 0.6) is 5.75 Å². The third kappa shape index (κ3) is 2.78. The molecule has 1 saturated heterocycles. The molecule has 3 rings (SSSR count). The Kier molecular flexibility index (Phi) is 3.80. The van der Waals surface area contributed by atoms with Crippen LogP contribution in [0, 0.1) is 6.92 Å². The van der Waals surface area contributed by atoms with Gasteiger partial charge in [-0.1, -0.05) is 35.9 Å². The molecule has 0 aromatic heterocycles. The summed E-state index contributed by atoms with van der Waals surface area (Å²) in [6, 6.07) is 11.5. The van der Waals surface area contributed by atoms with E-state index in [1.54, 1.807) is 36.4 Å². The van der Waals surface area contributed by atoms with Gasteiger partial charge in [0.15, 0.2) is 0 Å². The topological polar surface area (TPSA) is 69.6 Å². The van der Waals surface area contributed by atoms with Gasteiger partial charge in [0.25, 0.3) is 11.8 Å². The molecule has 6 heteroatoms. The van der Waals surface area contributed by atoms with Crippen LogP contribution in [0.15, 0.2) is 48.0 Å². The molecular weight excluding hydrogens is 316 g/mol. The molecule has 5 nitrogen and oxygen atoms in total. The fraction of sp³-hybridized carbons (Fsp3) is 0.0588. The van der Waals surface area contributed by atoms with Crippen LogP contribution >= 0.6 is 11.6 Å². The summed E-state index contributed by atoms with van der Waals surface area (Å²) >= 11 is 6.06. The normalized spacial score (nSPS) is 16.1. The predicted octanol–water partition coefficient (Wildman–Crippen LogP) is 2.82. The maximum Gasteiger partial charge on any atom is 0.282 e. The van der Waals surface area contributed by atoms with Gasteiger partial charge in [0.2, 0.25) is 0 Å². The molecule has 1 heterocycles. The number of aromatic hydroxyl groups is 1. The van der Waals surface area contributed by atoms with Crippen molar-refractivity contribution in [3.8, 4) is 5.75 Å². The van der Waals surface area contributed by atoms with Crippen molar-refractivity contribution in [1.29, 1.82) is 0 Å². The Morgan fingerprint density at radius 1 is 1.17 bits per heavy atom. The Morgan fingerprint density at radius 3 is 2.61 bits per heavy atom. The number of benzene rings is 2. The van der Waals surface area contributed by atoms with E-state index in [0.717, 1.165) is 10.6 Å². The van der Waals surface area contributed by atoms with Gasteiger partial charge in [-0.2, -0.15) is 0 Å². The number of nitrogens with zero attached hydrogens (tertiary/aromatic N) is 1. The highest BCUT2D eigenvalue weighted by molar-refractivity contribution is 6.33. The lowest BCUT2D eigenvalue weighted by atomic mass is 10.1. The van der Waals surface area contributed by atoms with Crippen LogP contribution in [0.2, 0.25) is 5.02 Å². The monoisotopic (exact) mass is 328 g/mol. The second-order valence-corrected chi connectivity index (χ2v) is 5.54. The zero-order valence-electron chi connectivity index (χ0n) is 12.2. The summed E-state index contributed by atoms with van der Waals surface area (Å²) in [4.78, 5) is 24.6. The Hall–Kier alpha value is -2.79. The summed E-state index contributed by atoms with van der Waals surface area (Å²) in [6.45, 7) is 1.85. The molecule has 1 aliphatic heterocycles. The lowest BCUT2D eigenvalue weighted by Gasteiger charge is -2.15. The Balaban J connectivity index is 1.97. The number of nitrogens with one attached hydrogen (secondary N) is 1. The molecule has 2 aromatic rings. The van der Waals surface area contributed by atoms with E-state index in [2.05, 4.69) is 5.43 Å². The molecule has 0 spiro atoms. The molecule has 0 aliphatic carbocycles. The van der Waals surface area contributed by atoms with Crippen LogP contribution in [0.25, 0.3) is 6.08 Å². The first-order valence-corrected chi connectivity index (χ1v) is 7.26. The van der Waals surface area contributed by atoms with Gasteiger partial charge in [-0.25, -0.2) is 5.01 Å². The minimum absolute atomic E-state index is 0.00238. The van der Waals surface area contributed by atoms with E-state index in [1.807, 2.05) is 6.92 Å². The zero-order chi connectivity index (χ0) is 16.6. The molecule has 2 amide bonds. The van der Waals surface area contributed by atoms with Crippen LogP contribution < -0.4 is 10.4 Å². The fourth-order valence-corrected chi connectivity index (χ4v) is 2.40. The molecule has 0 saturated carbocycles. The average molecular weight is 329 g/mol. The van der Waals surface area contributed by atoms with E-state index in [0.29, 0.717) is 16.3 Å². The highest BCUT2D eigenvalue weighted by Gasteiger charge is 2.34. The maximum atomic E-state index is 12.5. The number of hydrazine groups is 1. The third-order valence-electron chi connectivity index (χ3n) is 3.54. The zero-order valence-corrected chi connectivity index (χ0v) is 13.0. The van der Waals surface area contributed by atoms with Crippen LogP contribution in [0.1, 0.15) is 11.1 Å². The van der Waals surface area contributed by atoms with Gasteiger partial charge >= 0.3 is 0 Å². The van der Waals surface area contributed by atoms with E-state index >= 15 is 0 Å². The van der Waals surface area contributed by atoms with Crippen molar-refractivity contribution < 1.29 is 14.7 Å². The van der Waals surface area contributed by atoms with Crippen molar-refractivity contribution in [1.82, 2.24) is 5.43 Å². The number of hydrogen-bond acceptors (Lipinski definition) is 3. The quantitative estimate of drug-likeness (QED) is 0.658. The smallest absolute Gasteiger partial charge is 0.282 e. The number of phenols is 1. The van der Waals surface area contributed by atoms with E-state index < -0.39 is 11.8 Å². The van der Waals surface area contributed by atoms with Gasteiger partial charge in [0, 0.05) is 10.6 Å². The first-order valence-electron chi connectivity index (χ1n) is 6.88. The molecule has 0 unspecified atom stereocenters. The second kappa shape index (κ2) is 5.78. The molecule has 23 heavy (non-hydrogen) atoms. The summed E-state index contributed by atoms with van der Waals surface area (Å²) in [5, 5.41) is 11.4. The van der Waals surface area contributed by atoms with Crippen molar-refractivity contribution in [2.75, 3.05) is 5.01 Å². The van der Waals surface area contributed by atoms with E-state index in [-0.39, 0.29) is 11.3 Å². The first kappa shape index (κ1) is 15.1. The molecule has 1 aliphatic rings. The lowest BCUT2D eigenvalue weighted by molar-refractivity contribution is -0.117.